The summed E-state index contributed by atoms with van der Waals surface area (Å²) in [4.78, 5) is 37.5. The molecule has 3 atom stereocenters. The third kappa shape index (κ3) is 5.10. The molecule has 0 radical (unpaired) electrons. The number of ether oxygens (including phenoxy) is 2. The normalized spacial score (nSPS) is 20.3. The number of hydrogen-bond acceptors (Lipinski definition) is 8. The number of hydrogen-bond donors (Lipinski definition) is 2. The van der Waals surface area contributed by atoms with E-state index < -0.39 is 34.3 Å². The summed E-state index contributed by atoms with van der Waals surface area (Å²) in [7, 11) is 0. The number of carbonyl (C=O) groups is 1. The second-order valence-electron chi connectivity index (χ2n) is 8.54. The number of halogens is 2. The summed E-state index contributed by atoms with van der Waals surface area (Å²) in [6.07, 6.45) is 0.742. The van der Waals surface area contributed by atoms with Gasteiger partial charge >= 0.3 is 6.09 Å². The molecule has 1 saturated heterocycles. The van der Waals surface area contributed by atoms with Crippen molar-refractivity contribution in [3.05, 3.63) is 21.3 Å². The average molecular weight is 488 g/mol. The molecule has 0 spiro atoms. The number of fused-ring (bicyclic) bond motifs is 1. The smallest absolute Gasteiger partial charge is 0.410 e. The zero-order valence-electron chi connectivity index (χ0n) is 18.8. The molecule has 2 aromatic heterocycles. The minimum atomic E-state index is -0.886. The van der Waals surface area contributed by atoms with Crippen LogP contribution in [0.4, 0.5) is 9.18 Å². The van der Waals surface area contributed by atoms with Gasteiger partial charge in [0.05, 0.1) is 12.1 Å². The third-order valence-corrected chi connectivity index (χ3v) is 5.90. The van der Waals surface area contributed by atoms with Crippen LogP contribution in [0.3, 0.4) is 0 Å². The van der Waals surface area contributed by atoms with E-state index in [4.69, 9.17) is 21.1 Å². The monoisotopic (exact) mass is 487 g/mol. The maximum absolute atomic E-state index is 14.6. The van der Waals surface area contributed by atoms with Gasteiger partial charge in [0.25, 0.3) is 5.56 Å². The number of rotatable bonds is 4. The van der Waals surface area contributed by atoms with Crippen molar-refractivity contribution in [2.45, 2.75) is 63.6 Å². The van der Waals surface area contributed by atoms with Crippen LogP contribution in [0.15, 0.2) is 9.95 Å². The van der Waals surface area contributed by atoms with E-state index in [-0.39, 0.29) is 34.0 Å². The van der Waals surface area contributed by atoms with Gasteiger partial charge in [0, 0.05) is 13.1 Å². The number of thioether (sulfide) groups is 1. The number of nitrogens with one attached hydrogen (secondary N) is 2. The van der Waals surface area contributed by atoms with Gasteiger partial charge in [-0.25, -0.2) is 14.2 Å². The van der Waals surface area contributed by atoms with Crippen molar-refractivity contribution in [1.82, 2.24) is 25.2 Å². The van der Waals surface area contributed by atoms with Gasteiger partial charge in [-0.15, -0.1) is 0 Å². The van der Waals surface area contributed by atoms with Crippen LogP contribution in [0.1, 0.15) is 34.6 Å². The van der Waals surface area contributed by atoms with Gasteiger partial charge < -0.3 is 24.7 Å². The first-order valence-corrected chi connectivity index (χ1v) is 11.8. The fourth-order valence-electron chi connectivity index (χ4n) is 3.59. The van der Waals surface area contributed by atoms with Gasteiger partial charge in [0.2, 0.25) is 5.88 Å². The molecular formula is C20H27ClFN5O4S. The second kappa shape index (κ2) is 9.40. The first kappa shape index (κ1) is 24.5. The summed E-state index contributed by atoms with van der Waals surface area (Å²) in [6.45, 7) is 10.1. The van der Waals surface area contributed by atoms with Crippen LogP contribution in [0, 0.1) is 5.82 Å². The summed E-state index contributed by atoms with van der Waals surface area (Å²) in [6, 6.07) is -0.593. The molecule has 1 fully saturated rings. The number of nitrogens with zero attached hydrogens (tertiary/aromatic N) is 3. The van der Waals surface area contributed by atoms with Gasteiger partial charge in [-0.1, -0.05) is 23.4 Å². The van der Waals surface area contributed by atoms with E-state index >= 15 is 0 Å². The molecule has 0 bridgehead atoms. The highest BCUT2D eigenvalue weighted by atomic mass is 35.5. The summed E-state index contributed by atoms with van der Waals surface area (Å²) in [5.41, 5.74) is -1.40. The Bertz CT molecular complexity index is 1080. The zero-order valence-corrected chi connectivity index (χ0v) is 20.4. The molecule has 0 saturated carbocycles. The van der Waals surface area contributed by atoms with Crippen molar-refractivity contribution in [2.24, 2.45) is 0 Å². The van der Waals surface area contributed by atoms with Gasteiger partial charge in [0.15, 0.2) is 16.1 Å². The van der Waals surface area contributed by atoms with Gasteiger partial charge in [-0.05, 0) is 40.9 Å². The third-order valence-electron chi connectivity index (χ3n) is 5.07. The molecule has 1 amide bonds. The van der Waals surface area contributed by atoms with E-state index in [0.29, 0.717) is 13.1 Å². The lowest BCUT2D eigenvalue weighted by Crippen LogP contribution is -2.63. The lowest BCUT2D eigenvalue weighted by molar-refractivity contribution is -0.000987. The summed E-state index contributed by atoms with van der Waals surface area (Å²) >= 11 is 7.12. The molecule has 32 heavy (non-hydrogen) atoms. The fraction of sp³-hybridized carbons (Fsp3) is 0.600. The van der Waals surface area contributed by atoms with Crippen molar-refractivity contribution in [3.63, 3.8) is 0 Å². The molecule has 3 rings (SSSR count). The quantitative estimate of drug-likeness (QED) is 0.384. The number of aromatic amines is 1. The number of amides is 1. The molecule has 9 nitrogen and oxygen atoms in total. The fourth-order valence-corrected chi connectivity index (χ4v) is 4.13. The molecular weight excluding hydrogens is 461 g/mol. The standard InChI is InChI=1S/C20H27ClFN5O4S/c1-9-13(23-7-8-27(9)19(29)31-20(3,4)5)10(2)30-17-11-14(12(22)15(21)25-17)24-18(32-6)26-16(11)28/h9-10,13,23H,7-8H2,1-6H3,(H,24,26,28). The first-order valence-electron chi connectivity index (χ1n) is 10.2. The SMILES string of the molecule is CSc1nc2c(F)c(Cl)nc(OC(C)C3NCCN(C(=O)OC(C)(C)C)C3C)c2c(=O)[nH]1. The Kier molecular flexibility index (Phi) is 7.21. The molecule has 3 heterocycles. The number of piperazine rings is 1. The number of pyridine rings is 1. The van der Waals surface area contributed by atoms with Crippen LogP contribution < -0.4 is 15.6 Å². The number of aromatic nitrogens is 3. The van der Waals surface area contributed by atoms with Crippen LogP contribution in [-0.4, -0.2) is 69.1 Å². The molecule has 2 N–H and O–H groups in total. The van der Waals surface area contributed by atoms with Crippen LogP contribution >= 0.6 is 23.4 Å². The van der Waals surface area contributed by atoms with E-state index in [1.807, 2.05) is 27.7 Å². The Hall–Kier alpha value is -2.11. The Morgan fingerprint density at radius 2 is 2.06 bits per heavy atom. The average Bonchev–Trinajstić information content (AvgIpc) is 2.69. The van der Waals surface area contributed by atoms with Crippen LogP contribution in [0.5, 0.6) is 5.88 Å². The Balaban J connectivity index is 1.90. The molecule has 1 aliphatic heterocycles. The highest BCUT2D eigenvalue weighted by Gasteiger charge is 2.37. The first-order chi connectivity index (χ1) is 14.9. The second-order valence-corrected chi connectivity index (χ2v) is 9.69. The van der Waals surface area contributed by atoms with E-state index in [2.05, 4.69) is 20.3 Å². The van der Waals surface area contributed by atoms with Gasteiger partial charge in [0.1, 0.15) is 22.6 Å². The highest BCUT2D eigenvalue weighted by molar-refractivity contribution is 7.98. The van der Waals surface area contributed by atoms with Crippen molar-refractivity contribution < 1.29 is 18.7 Å². The Morgan fingerprint density at radius 3 is 2.69 bits per heavy atom. The van der Waals surface area contributed by atoms with Gasteiger partial charge in [-0.3, -0.25) is 4.79 Å². The molecule has 12 heteroatoms. The Morgan fingerprint density at radius 1 is 1.38 bits per heavy atom. The van der Waals surface area contributed by atoms with Crippen molar-refractivity contribution in [3.8, 4) is 5.88 Å². The van der Waals surface area contributed by atoms with Crippen molar-refractivity contribution >= 4 is 40.4 Å². The van der Waals surface area contributed by atoms with E-state index in [9.17, 15) is 14.0 Å². The minimum Gasteiger partial charge on any atom is -0.472 e. The molecule has 0 aliphatic carbocycles. The molecule has 176 valence electrons. The van der Waals surface area contributed by atoms with Crippen LogP contribution in [-0.2, 0) is 4.74 Å². The van der Waals surface area contributed by atoms with Crippen LogP contribution in [0.25, 0.3) is 10.9 Å². The zero-order chi connectivity index (χ0) is 23.8. The molecule has 2 aromatic rings. The molecule has 0 aromatic carbocycles. The summed E-state index contributed by atoms with van der Waals surface area (Å²) in [5, 5.41) is 3.02. The predicted molar refractivity (Wildman–Crippen MR) is 121 cm³/mol. The summed E-state index contributed by atoms with van der Waals surface area (Å²) < 4.78 is 26.1. The van der Waals surface area contributed by atoms with Crippen molar-refractivity contribution in [2.75, 3.05) is 19.3 Å². The molecule has 1 aliphatic rings. The van der Waals surface area contributed by atoms with E-state index in [1.54, 1.807) is 18.1 Å². The molecule has 3 unspecified atom stereocenters. The topological polar surface area (TPSA) is 109 Å². The number of H-pyrrole nitrogens is 1. The largest absolute Gasteiger partial charge is 0.472 e. The maximum Gasteiger partial charge on any atom is 0.410 e. The highest BCUT2D eigenvalue weighted by Crippen LogP contribution is 2.29. The Labute approximate surface area is 194 Å². The minimum absolute atomic E-state index is 0.121. The maximum atomic E-state index is 14.6. The van der Waals surface area contributed by atoms with Crippen LogP contribution in [0.2, 0.25) is 5.15 Å². The summed E-state index contributed by atoms with van der Waals surface area (Å²) in [5.74, 6) is -1.01. The van der Waals surface area contributed by atoms with E-state index in [0.717, 1.165) is 11.8 Å². The van der Waals surface area contributed by atoms with E-state index in [1.165, 1.54) is 0 Å². The lowest BCUT2D eigenvalue weighted by atomic mass is 10.0. The predicted octanol–water partition coefficient (Wildman–Crippen LogP) is 3.20. The lowest BCUT2D eigenvalue weighted by Gasteiger charge is -2.42. The number of carbonyl (C=O) groups excluding carboxylic acids is 1. The van der Waals surface area contributed by atoms with Gasteiger partial charge in [-0.2, -0.15) is 4.98 Å². The van der Waals surface area contributed by atoms with Crippen molar-refractivity contribution in [1.29, 1.82) is 0 Å².